The molecule has 4 nitrogen and oxygen atoms in total. The van der Waals surface area contributed by atoms with E-state index in [0.717, 1.165) is 31.7 Å². The first kappa shape index (κ1) is 15.0. The Balaban J connectivity index is 1.98. The Bertz CT molecular complexity index is 437. The molecule has 1 aliphatic rings. The zero-order valence-electron chi connectivity index (χ0n) is 11.6. The van der Waals surface area contributed by atoms with Crippen LogP contribution in [0.3, 0.4) is 0 Å². The van der Waals surface area contributed by atoms with Gasteiger partial charge in [0.25, 0.3) is 5.88 Å². The minimum atomic E-state index is -0.791. The number of hydrogen-bond acceptors (Lipinski definition) is 4. The molecule has 0 spiro atoms. The molecule has 1 unspecified atom stereocenters. The van der Waals surface area contributed by atoms with Gasteiger partial charge in [0.2, 0.25) is 0 Å². The zero-order valence-corrected chi connectivity index (χ0v) is 11.6. The summed E-state index contributed by atoms with van der Waals surface area (Å²) in [6.07, 6.45) is 3.80. The normalized spacial score (nSPS) is 18.9. The molecule has 0 bridgehead atoms. The van der Waals surface area contributed by atoms with Gasteiger partial charge >= 0.3 is 0 Å². The average Bonchev–Trinajstić information content (AvgIpc) is 2.46. The van der Waals surface area contributed by atoms with E-state index < -0.39 is 11.6 Å². The van der Waals surface area contributed by atoms with Crippen molar-refractivity contribution < 1.29 is 18.3 Å². The second kappa shape index (κ2) is 7.38. The highest BCUT2D eigenvalue weighted by Crippen LogP contribution is 2.22. The van der Waals surface area contributed by atoms with Crippen LogP contribution in [-0.2, 0) is 4.74 Å². The van der Waals surface area contributed by atoms with Gasteiger partial charge < -0.3 is 14.8 Å². The van der Waals surface area contributed by atoms with E-state index in [1.807, 2.05) is 6.92 Å². The number of ether oxygens (including phenoxy) is 2. The van der Waals surface area contributed by atoms with Gasteiger partial charge in [-0.15, -0.1) is 0 Å². The Morgan fingerprint density at radius 1 is 1.40 bits per heavy atom. The van der Waals surface area contributed by atoms with Crippen molar-refractivity contribution in [2.75, 3.05) is 25.1 Å². The van der Waals surface area contributed by atoms with Crippen molar-refractivity contribution in [2.24, 2.45) is 0 Å². The molecule has 0 radical (unpaired) electrons. The molecule has 20 heavy (non-hydrogen) atoms. The van der Waals surface area contributed by atoms with Crippen LogP contribution in [0, 0.1) is 11.6 Å². The Hall–Kier alpha value is -1.43. The van der Waals surface area contributed by atoms with Gasteiger partial charge in [-0.25, -0.2) is 8.78 Å². The second-order valence-electron chi connectivity index (χ2n) is 4.83. The van der Waals surface area contributed by atoms with Crippen LogP contribution in [0.5, 0.6) is 5.88 Å². The molecule has 0 aromatic carbocycles. The standard InChI is InChI=1S/C14H20F2N2O2/c1-2-6-17-13-11(15)8-12(16)14(18-13)20-9-10-5-3-4-7-19-10/h8,10H,2-7,9H2,1H3,(H,17,18). The molecule has 1 saturated heterocycles. The molecule has 0 amide bonds. The van der Waals surface area contributed by atoms with Gasteiger partial charge in [0.05, 0.1) is 6.10 Å². The van der Waals surface area contributed by atoms with Crippen molar-refractivity contribution >= 4 is 5.82 Å². The van der Waals surface area contributed by atoms with Crippen LogP contribution in [0.1, 0.15) is 32.6 Å². The molecule has 112 valence electrons. The summed E-state index contributed by atoms with van der Waals surface area (Å²) >= 11 is 0. The highest BCUT2D eigenvalue weighted by molar-refractivity contribution is 5.39. The number of nitrogens with one attached hydrogen (secondary N) is 1. The summed E-state index contributed by atoms with van der Waals surface area (Å²) in [6.45, 7) is 3.46. The molecule has 1 N–H and O–H groups in total. The van der Waals surface area contributed by atoms with Crippen molar-refractivity contribution in [3.63, 3.8) is 0 Å². The van der Waals surface area contributed by atoms with Crippen LogP contribution in [0.25, 0.3) is 0 Å². The van der Waals surface area contributed by atoms with E-state index >= 15 is 0 Å². The van der Waals surface area contributed by atoms with Crippen molar-refractivity contribution in [2.45, 2.75) is 38.7 Å². The lowest BCUT2D eigenvalue weighted by molar-refractivity contribution is -0.0126. The highest BCUT2D eigenvalue weighted by Gasteiger charge is 2.17. The van der Waals surface area contributed by atoms with E-state index in [2.05, 4.69) is 10.3 Å². The topological polar surface area (TPSA) is 43.4 Å². The first-order valence-electron chi connectivity index (χ1n) is 7.05. The zero-order chi connectivity index (χ0) is 14.4. The number of nitrogens with zero attached hydrogens (tertiary/aromatic N) is 1. The Morgan fingerprint density at radius 3 is 2.95 bits per heavy atom. The lowest BCUT2D eigenvalue weighted by atomic mass is 10.1. The molecular weight excluding hydrogens is 266 g/mol. The molecule has 0 saturated carbocycles. The molecule has 1 fully saturated rings. The summed E-state index contributed by atoms with van der Waals surface area (Å²) in [5.41, 5.74) is 0. The van der Waals surface area contributed by atoms with Crippen molar-refractivity contribution in [3.8, 4) is 5.88 Å². The first-order valence-corrected chi connectivity index (χ1v) is 7.05. The van der Waals surface area contributed by atoms with E-state index in [1.165, 1.54) is 0 Å². The summed E-state index contributed by atoms with van der Waals surface area (Å²) in [5.74, 6) is -1.66. The van der Waals surface area contributed by atoms with E-state index in [4.69, 9.17) is 9.47 Å². The highest BCUT2D eigenvalue weighted by atomic mass is 19.1. The Labute approximate surface area is 117 Å². The first-order chi connectivity index (χ1) is 9.70. The summed E-state index contributed by atoms with van der Waals surface area (Å²) in [6, 6.07) is 0.794. The number of pyridine rings is 1. The van der Waals surface area contributed by atoms with E-state index in [0.29, 0.717) is 13.2 Å². The van der Waals surface area contributed by atoms with Gasteiger partial charge in [-0.2, -0.15) is 4.98 Å². The van der Waals surface area contributed by atoms with Crippen LogP contribution in [-0.4, -0.2) is 30.8 Å². The fourth-order valence-electron chi connectivity index (χ4n) is 2.03. The number of anilines is 1. The number of halogens is 2. The quantitative estimate of drug-likeness (QED) is 0.872. The smallest absolute Gasteiger partial charge is 0.252 e. The minimum absolute atomic E-state index is 0.0211. The fraction of sp³-hybridized carbons (Fsp3) is 0.643. The fourth-order valence-corrected chi connectivity index (χ4v) is 2.03. The van der Waals surface area contributed by atoms with Crippen molar-refractivity contribution in [3.05, 3.63) is 17.7 Å². The van der Waals surface area contributed by atoms with Gasteiger partial charge in [0.15, 0.2) is 17.5 Å². The second-order valence-corrected chi connectivity index (χ2v) is 4.83. The third-order valence-electron chi connectivity index (χ3n) is 3.12. The molecule has 6 heteroatoms. The summed E-state index contributed by atoms with van der Waals surface area (Å²) in [5, 5.41) is 2.80. The van der Waals surface area contributed by atoms with Crippen LogP contribution in [0.15, 0.2) is 6.07 Å². The largest absolute Gasteiger partial charge is 0.473 e. The van der Waals surface area contributed by atoms with Gasteiger partial charge in [-0.1, -0.05) is 6.92 Å². The monoisotopic (exact) mass is 286 g/mol. The molecule has 2 heterocycles. The van der Waals surface area contributed by atoms with Crippen LogP contribution < -0.4 is 10.1 Å². The maximum absolute atomic E-state index is 13.6. The average molecular weight is 286 g/mol. The predicted octanol–water partition coefficient (Wildman–Crippen LogP) is 3.13. The number of aromatic nitrogens is 1. The van der Waals surface area contributed by atoms with E-state index in [9.17, 15) is 8.78 Å². The molecule has 1 aromatic rings. The summed E-state index contributed by atoms with van der Waals surface area (Å²) < 4.78 is 37.9. The minimum Gasteiger partial charge on any atom is -0.473 e. The van der Waals surface area contributed by atoms with Crippen molar-refractivity contribution in [1.82, 2.24) is 4.98 Å². The van der Waals surface area contributed by atoms with Gasteiger partial charge in [-0.3, -0.25) is 0 Å². The molecule has 1 aliphatic heterocycles. The number of hydrogen-bond donors (Lipinski definition) is 1. The Kier molecular flexibility index (Phi) is 5.52. The molecule has 0 aliphatic carbocycles. The molecular formula is C14H20F2N2O2. The summed E-state index contributed by atoms with van der Waals surface area (Å²) in [4.78, 5) is 3.85. The van der Waals surface area contributed by atoms with Crippen LogP contribution >= 0.6 is 0 Å². The summed E-state index contributed by atoms with van der Waals surface area (Å²) in [7, 11) is 0. The molecule has 2 rings (SSSR count). The van der Waals surface area contributed by atoms with Gasteiger partial charge in [-0.05, 0) is 25.7 Å². The SMILES string of the molecule is CCCNc1nc(OCC2CCCCO2)c(F)cc1F. The number of rotatable bonds is 6. The third kappa shape index (κ3) is 4.03. The van der Waals surface area contributed by atoms with Gasteiger partial charge in [0.1, 0.15) is 6.61 Å². The molecule has 1 atom stereocenters. The molecule has 1 aromatic heterocycles. The van der Waals surface area contributed by atoms with Gasteiger partial charge in [0, 0.05) is 19.2 Å². The lowest BCUT2D eigenvalue weighted by Gasteiger charge is -2.22. The van der Waals surface area contributed by atoms with Crippen molar-refractivity contribution in [1.29, 1.82) is 0 Å². The van der Waals surface area contributed by atoms with E-state index in [-0.39, 0.29) is 24.4 Å². The maximum atomic E-state index is 13.6. The van der Waals surface area contributed by atoms with Crippen LogP contribution in [0.2, 0.25) is 0 Å². The third-order valence-corrected chi connectivity index (χ3v) is 3.12. The maximum Gasteiger partial charge on any atom is 0.252 e. The van der Waals surface area contributed by atoms with E-state index in [1.54, 1.807) is 0 Å². The predicted molar refractivity (Wildman–Crippen MR) is 72.0 cm³/mol. The Morgan fingerprint density at radius 2 is 2.25 bits per heavy atom. The van der Waals surface area contributed by atoms with Crippen LogP contribution in [0.4, 0.5) is 14.6 Å². The lowest BCUT2D eigenvalue weighted by Crippen LogP contribution is -2.26.